The second-order valence-corrected chi connectivity index (χ2v) is 9.60. The van der Waals surface area contributed by atoms with Gasteiger partial charge in [0.1, 0.15) is 23.7 Å². The maximum atomic E-state index is 13.4. The van der Waals surface area contributed by atoms with Gasteiger partial charge in [-0.25, -0.2) is 9.59 Å². The molecule has 2 aromatic rings. The van der Waals surface area contributed by atoms with E-state index in [1.807, 2.05) is 0 Å². The molecule has 0 spiro atoms. The summed E-state index contributed by atoms with van der Waals surface area (Å²) < 4.78 is 25.9. The molecule has 1 N–H and O–H groups in total. The molecule has 1 amide bonds. The Morgan fingerprint density at radius 1 is 0.800 bits per heavy atom. The summed E-state index contributed by atoms with van der Waals surface area (Å²) in [5, 5.41) is 2.52. The molecule has 0 saturated carbocycles. The zero-order chi connectivity index (χ0) is 29.6. The summed E-state index contributed by atoms with van der Waals surface area (Å²) in [5.41, 5.74) is -1.37. The fourth-order valence-corrected chi connectivity index (χ4v) is 3.76. The molecular weight excluding hydrogens is 526 g/mol. The van der Waals surface area contributed by atoms with Gasteiger partial charge in [0.25, 0.3) is 0 Å². The van der Waals surface area contributed by atoms with Crippen LogP contribution in [0.2, 0.25) is 0 Å². The SMILES string of the molecule is CC(=O)Oc1cccc2c1C(=O)c1c(OC(C)=O)cc(C(=O)OCCOCCNC(=O)OC(C)(C)C)cc1C2=O. The average Bonchev–Trinajstić information content (AvgIpc) is 2.84. The Bertz CT molecular complexity index is 1370. The van der Waals surface area contributed by atoms with Crippen LogP contribution in [0, 0.1) is 0 Å². The Hall–Kier alpha value is -4.58. The van der Waals surface area contributed by atoms with Crippen LogP contribution in [0.25, 0.3) is 0 Å². The molecule has 212 valence electrons. The van der Waals surface area contributed by atoms with Crippen LogP contribution in [-0.2, 0) is 23.8 Å². The van der Waals surface area contributed by atoms with E-state index in [0.29, 0.717) is 0 Å². The van der Waals surface area contributed by atoms with Crippen molar-refractivity contribution in [3.63, 3.8) is 0 Å². The molecule has 40 heavy (non-hydrogen) atoms. The van der Waals surface area contributed by atoms with Gasteiger partial charge in [-0.2, -0.15) is 0 Å². The number of hydrogen-bond acceptors (Lipinski definition) is 11. The highest BCUT2D eigenvalue weighted by molar-refractivity contribution is 6.30. The van der Waals surface area contributed by atoms with Crippen LogP contribution < -0.4 is 14.8 Å². The van der Waals surface area contributed by atoms with Crippen molar-refractivity contribution in [3.05, 3.63) is 58.1 Å². The summed E-state index contributed by atoms with van der Waals surface area (Å²) in [4.78, 5) is 74.4. The molecule has 0 aliphatic heterocycles. The molecule has 12 nitrogen and oxygen atoms in total. The van der Waals surface area contributed by atoms with Gasteiger partial charge < -0.3 is 29.0 Å². The van der Waals surface area contributed by atoms with Gasteiger partial charge in [-0.15, -0.1) is 0 Å². The second-order valence-electron chi connectivity index (χ2n) is 9.60. The molecule has 0 fully saturated rings. The number of ether oxygens (including phenoxy) is 5. The molecule has 1 aliphatic carbocycles. The third-order valence-electron chi connectivity index (χ3n) is 5.19. The van der Waals surface area contributed by atoms with E-state index < -0.39 is 41.2 Å². The van der Waals surface area contributed by atoms with Gasteiger partial charge in [0.15, 0.2) is 5.78 Å². The van der Waals surface area contributed by atoms with Crippen LogP contribution >= 0.6 is 0 Å². The van der Waals surface area contributed by atoms with E-state index in [9.17, 15) is 28.8 Å². The quantitative estimate of drug-likeness (QED) is 0.235. The molecule has 0 bridgehead atoms. The van der Waals surface area contributed by atoms with Crippen molar-refractivity contribution in [1.29, 1.82) is 0 Å². The molecule has 0 radical (unpaired) electrons. The summed E-state index contributed by atoms with van der Waals surface area (Å²) in [6.07, 6.45) is -0.586. The summed E-state index contributed by atoms with van der Waals surface area (Å²) in [6.45, 7) is 7.63. The zero-order valence-electron chi connectivity index (χ0n) is 22.7. The molecule has 12 heteroatoms. The van der Waals surface area contributed by atoms with Gasteiger partial charge in [0, 0.05) is 31.5 Å². The lowest BCUT2D eigenvalue weighted by atomic mass is 9.82. The van der Waals surface area contributed by atoms with Gasteiger partial charge >= 0.3 is 24.0 Å². The molecule has 2 aromatic carbocycles. The minimum Gasteiger partial charge on any atom is -0.460 e. The van der Waals surface area contributed by atoms with E-state index >= 15 is 0 Å². The third-order valence-corrected chi connectivity index (χ3v) is 5.19. The number of amides is 1. The van der Waals surface area contributed by atoms with Crippen molar-refractivity contribution >= 4 is 35.6 Å². The highest BCUT2D eigenvalue weighted by atomic mass is 16.6. The maximum Gasteiger partial charge on any atom is 0.407 e. The number of rotatable bonds is 9. The first-order valence-electron chi connectivity index (χ1n) is 12.3. The minimum absolute atomic E-state index is 0.00714. The van der Waals surface area contributed by atoms with Crippen molar-refractivity contribution < 1.29 is 52.5 Å². The number of nitrogens with one attached hydrogen (secondary N) is 1. The lowest BCUT2D eigenvalue weighted by molar-refractivity contribution is -0.132. The van der Waals surface area contributed by atoms with Crippen molar-refractivity contribution in [2.75, 3.05) is 26.4 Å². The van der Waals surface area contributed by atoms with Crippen molar-refractivity contribution in [1.82, 2.24) is 5.32 Å². The Kier molecular flexibility index (Phi) is 9.38. The first-order chi connectivity index (χ1) is 18.8. The highest BCUT2D eigenvalue weighted by Gasteiger charge is 2.36. The third kappa shape index (κ3) is 7.50. The molecule has 0 aromatic heterocycles. The van der Waals surface area contributed by atoms with Crippen LogP contribution in [0.5, 0.6) is 11.5 Å². The fraction of sp³-hybridized carbons (Fsp3) is 0.357. The van der Waals surface area contributed by atoms with Gasteiger partial charge in [-0.3, -0.25) is 19.2 Å². The van der Waals surface area contributed by atoms with Gasteiger partial charge in [0.05, 0.1) is 29.9 Å². The molecule has 1 aliphatic rings. The van der Waals surface area contributed by atoms with Gasteiger partial charge in [-0.1, -0.05) is 12.1 Å². The Labute approximate surface area is 229 Å². The number of carbonyl (C=O) groups is 6. The van der Waals surface area contributed by atoms with Crippen molar-refractivity contribution in [2.24, 2.45) is 0 Å². The number of ketones is 2. The normalized spacial score (nSPS) is 12.1. The van der Waals surface area contributed by atoms with E-state index in [1.54, 1.807) is 20.8 Å². The van der Waals surface area contributed by atoms with Gasteiger partial charge in [-0.05, 0) is 39.0 Å². The van der Waals surface area contributed by atoms with Crippen LogP contribution in [0.4, 0.5) is 4.79 Å². The first kappa shape index (κ1) is 30.0. The van der Waals surface area contributed by atoms with Crippen molar-refractivity contribution in [3.8, 4) is 11.5 Å². The van der Waals surface area contributed by atoms with Crippen LogP contribution in [0.1, 0.15) is 76.8 Å². The number of carbonyl (C=O) groups excluding carboxylic acids is 6. The second kappa shape index (κ2) is 12.5. The molecule has 0 unspecified atom stereocenters. The van der Waals surface area contributed by atoms with Crippen LogP contribution in [0.15, 0.2) is 30.3 Å². The van der Waals surface area contributed by atoms with Crippen LogP contribution in [-0.4, -0.2) is 67.5 Å². The van der Waals surface area contributed by atoms with E-state index in [4.69, 9.17) is 23.7 Å². The zero-order valence-corrected chi connectivity index (χ0v) is 22.7. The molecule has 3 rings (SSSR count). The van der Waals surface area contributed by atoms with E-state index in [-0.39, 0.29) is 65.7 Å². The minimum atomic E-state index is -0.855. The predicted octanol–water partition coefficient (Wildman–Crippen LogP) is 3.01. The highest BCUT2D eigenvalue weighted by Crippen LogP contribution is 2.38. The monoisotopic (exact) mass is 555 g/mol. The number of hydrogen-bond donors (Lipinski definition) is 1. The molecular formula is C28H29NO11. The van der Waals surface area contributed by atoms with E-state index in [0.717, 1.165) is 19.9 Å². The smallest absolute Gasteiger partial charge is 0.407 e. The average molecular weight is 556 g/mol. The number of esters is 3. The standard InChI is InChI=1S/C28H29NO11/c1-15(30)38-20-8-6-7-18-22(20)25(33)23-19(24(18)32)13-17(14-21(23)39-16(2)31)26(34)37-12-11-36-10-9-29-27(35)40-28(3,4)5/h6-8,13-14H,9-12H2,1-5H3,(H,29,35). The summed E-state index contributed by atoms with van der Waals surface area (Å²) in [6, 6.07) is 6.50. The lowest BCUT2D eigenvalue weighted by Gasteiger charge is -2.22. The van der Waals surface area contributed by atoms with E-state index in [2.05, 4.69) is 5.32 Å². The topological polar surface area (TPSA) is 161 Å². The summed E-state index contributed by atoms with van der Waals surface area (Å²) in [5.74, 6) is -4.13. The number of benzene rings is 2. The Balaban J connectivity index is 1.72. The molecule has 0 heterocycles. The van der Waals surface area contributed by atoms with Crippen LogP contribution in [0.3, 0.4) is 0 Å². The van der Waals surface area contributed by atoms with E-state index in [1.165, 1.54) is 24.3 Å². The Morgan fingerprint density at radius 3 is 2.10 bits per heavy atom. The molecule has 0 atom stereocenters. The predicted molar refractivity (Wildman–Crippen MR) is 138 cm³/mol. The summed E-state index contributed by atoms with van der Waals surface area (Å²) in [7, 11) is 0. The largest absolute Gasteiger partial charge is 0.460 e. The lowest BCUT2D eigenvalue weighted by Crippen LogP contribution is -2.34. The number of fused-ring (bicyclic) bond motifs is 2. The Morgan fingerprint density at radius 2 is 1.45 bits per heavy atom. The first-order valence-corrected chi connectivity index (χ1v) is 12.3. The van der Waals surface area contributed by atoms with Gasteiger partial charge in [0.2, 0.25) is 5.78 Å². The maximum absolute atomic E-state index is 13.4. The molecule has 0 saturated heterocycles. The summed E-state index contributed by atoms with van der Waals surface area (Å²) >= 11 is 0. The number of alkyl carbamates (subject to hydrolysis) is 1. The fourth-order valence-electron chi connectivity index (χ4n) is 3.76. The van der Waals surface area contributed by atoms with Crippen molar-refractivity contribution in [2.45, 2.75) is 40.2 Å².